The van der Waals surface area contributed by atoms with Gasteiger partial charge in [-0.1, -0.05) is 17.7 Å². The molecular weight excluding hydrogens is 507 g/mol. The van der Waals surface area contributed by atoms with E-state index in [1.165, 1.54) is 11.6 Å². The average molecular weight is 540 g/mol. The molecule has 6 nitrogen and oxygen atoms in total. The molecule has 0 radical (unpaired) electrons. The fraction of sp³-hybridized carbons (Fsp3) is 0.519. The summed E-state index contributed by atoms with van der Waals surface area (Å²) < 4.78 is 49.9. The van der Waals surface area contributed by atoms with E-state index < -0.39 is 22.8 Å². The van der Waals surface area contributed by atoms with Crippen LogP contribution in [0.1, 0.15) is 50.7 Å². The van der Waals surface area contributed by atoms with Gasteiger partial charge in [0.05, 0.1) is 24.8 Å². The number of fused-ring (bicyclic) bond motifs is 1. The van der Waals surface area contributed by atoms with Crippen LogP contribution < -0.4 is 20.1 Å². The lowest BCUT2D eigenvalue weighted by Gasteiger charge is -2.46. The molecule has 0 aromatic heterocycles. The third-order valence-electron chi connectivity index (χ3n) is 7.79. The van der Waals surface area contributed by atoms with E-state index >= 15 is 0 Å². The van der Waals surface area contributed by atoms with Crippen LogP contribution in [0.25, 0.3) is 0 Å². The molecule has 37 heavy (non-hydrogen) atoms. The Morgan fingerprint density at radius 2 is 1.84 bits per heavy atom. The first-order valence-corrected chi connectivity index (χ1v) is 12.8. The van der Waals surface area contributed by atoms with E-state index in [4.69, 9.17) is 21.1 Å². The van der Waals surface area contributed by atoms with E-state index in [2.05, 4.69) is 41.5 Å². The Morgan fingerprint density at radius 3 is 2.46 bits per heavy atom. The van der Waals surface area contributed by atoms with Gasteiger partial charge in [-0.3, -0.25) is 4.90 Å². The van der Waals surface area contributed by atoms with Crippen molar-refractivity contribution in [3.8, 4) is 11.5 Å². The van der Waals surface area contributed by atoms with Gasteiger partial charge in [-0.2, -0.15) is 13.2 Å². The quantitative estimate of drug-likeness (QED) is 0.441. The van der Waals surface area contributed by atoms with Gasteiger partial charge in [-0.15, -0.1) is 0 Å². The van der Waals surface area contributed by atoms with Crippen LogP contribution in [0.15, 0.2) is 36.4 Å². The van der Waals surface area contributed by atoms with E-state index in [1.54, 1.807) is 14.2 Å². The van der Waals surface area contributed by atoms with Gasteiger partial charge in [0.2, 0.25) is 0 Å². The van der Waals surface area contributed by atoms with Crippen molar-refractivity contribution < 1.29 is 27.4 Å². The maximum Gasteiger partial charge on any atom is 0.417 e. The Hall–Kier alpha value is -2.65. The zero-order valence-electron chi connectivity index (χ0n) is 21.4. The van der Waals surface area contributed by atoms with Crippen molar-refractivity contribution in [3.05, 3.63) is 52.5 Å². The van der Waals surface area contributed by atoms with Crippen molar-refractivity contribution >= 4 is 23.3 Å². The van der Waals surface area contributed by atoms with Gasteiger partial charge in [-0.25, -0.2) is 4.79 Å². The molecule has 2 aromatic rings. The van der Waals surface area contributed by atoms with Crippen LogP contribution in [0.3, 0.4) is 0 Å². The summed E-state index contributed by atoms with van der Waals surface area (Å²) in [5, 5.41) is 5.19. The number of benzene rings is 2. The van der Waals surface area contributed by atoms with E-state index in [-0.39, 0.29) is 23.2 Å². The Morgan fingerprint density at radius 1 is 1.11 bits per heavy atom. The SMILES string of the molecule is COc1ccc(C23CCC(NC(=O)Nc4ccc(C(F)(F)F)c(Cl)c4)CC2N(C(C)C)CC3)cc1OC. The van der Waals surface area contributed by atoms with Crippen LogP contribution in [-0.4, -0.2) is 49.8 Å². The number of amides is 2. The number of methoxy groups -OCH3 is 2. The highest BCUT2D eigenvalue weighted by Crippen LogP contribution is 2.51. The highest BCUT2D eigenvalue weighted by Gasteiger charge is 2.52. The summed E-state index contributed by atoms with van der Waals surface area (Å²) in [5.41, 5.74) is 0.407. The lowest BCUT2D eigenvalue weighted by atomic mass is 9.65. The normalized spacial score (nSPS) is 24.0. The summed E-state index contributed by atoms with van der Waals surface area (Å²) in [6, 6.07) is 9.34. The number of carbonyl (C=O) groups is 1. The van der Waals surface area contributed by atoms with Gasteiger partial charge in [0.25, 0.3) is 0 Å². The van der Waals surface area contributed by atoms with Gasteiger partial charge in [-0.05, 0) is 82.0 Å². The number of nitrogens with zero attached hydrogens (tertiary/aromatic N) is 1. The Bertz CT molecular complexity index is 1140. The number of carbonyl (C=O) groups excluding carboxylic acids is 1. The molecule has 1 heterocycles. The predicted octanol–water partition coefficient (Wildman–Crippen LogP) is 6.47. The molecule has 2 fully saturated rings. The fourth-order valence-corrected chi connectivity index (χ4v) is 6.28. The maximum atomic E-state index is 13.0. The second-order valence-electron chi connectivity index (χ2n) is 10.1. The first kappa shape index (κ1) is 27.4. The van der Waals surface area contributed by atoms with Gasteiger partial charge < -0.3 is 20.1 Å². The highest BCUT2D eigenvalue weighted by molar-refractivity contribution is 6.31. The standard InChI is InChI=1S/C27H33ClF3N3O3/c1-16(2)34-12-11-26(17-5-8-22(36-3)23(13-17)37-4)10-9-19(15-24(26)34)33-25(35)32-18-6-7-20(21(28)14-18)27(29,30)31/h5-8,13-14,16,19,24H,9-12,15H2,1-4H3,(H2,32,33,35). The Balaban J connectivity index is 1.50. The number of alkyl halides is 3. The van der Waals surface area contributed by atoms with Crippen molar-refractivity contribution in [2.45, 2.75) is 69.2 Å². The molecule has 2 N–H and O–H groups in total. The number of likely N-dealkylation sites (tertiary alicyclic amines) is 1. The second-order valence-corrected chi connectivity index (χ2v) is 10.5. The van der Waals surface area contributed by atoms with Crippen molar-refractivity contribution in [1.29, 1.82) is 0 Å². The van der Waals surface area contributed by atoms with Crippen molar-refractivity contribution in [1.82, 2.24) is 10.2 Å². The summed E-state index contributed by atoms with van der Waals surface area (Å²) in [5.74, 6) is 1.39. The molecule has 2 aromatic carbocycles. The zero-order valence-corrected chi connectivity index (χ0v) is 22.2. The lowest BCUT2D eigenvalue weighted by Crippen LogP contribution is -2.54. The van der Waals surface area contributed by atoms with Crippen LogP contribution in [0.5, 0.6) is 11.5 Å². The monoisotopic (exact) mass is 539 g/mol. The van der Waals surface area contributed by atoms with E-state index in [0.29, 0.717) is 17.5 Å². The third kappa shape index (κ3) is 5.48. The molecule has 2 aliphatic rings. The minimum Gasteiger partial charge on any atom is -0.493 e. The number of rotatable bonds is 6. The van der Waals surface area contributed by atoms with Crippen molar-refractivity contribution in [2.75, 3.05) is 26.1 Å². The van der Waals surface area contributed by atoms with Crippen LogP contribution in [0.2, 0.25) is 5.02 Å². The molecule has 0 bridgehead atoms. The molecule has 0 spiro atoms. The fourth-order valence-electron chi connectivity index (χ4n) is 5.99. The second kappa shape index (κ2) is 10.6. The highest BCUT2D eigenvalue weighted by atomic mass is 35.5. The van der Waals surface area contributed by atoms with Crippen molar-refractivity contribution in [2.24, 2.45) is 0 Å². The zero-order chi connectivity index (χ0) is 27.0. The molecule has 3 atom stereocenters. The van der Waals surface area contributed by atoms with Crippen molar-refractivity contribution in [3.63, 3.8) is 0 Å². The molecule has 4 rings (SSSR count). The first-order valence-electron chi connectivity index (χ1n) is 12.4. The first-order chi connectivity index (χ1) is 17.5. The molecular formula is C27H33ClF3N3O3. The number of hydrogen-bond donors (Lipinski definition) is 2. The van der Waals surface area contributed by atoms with E-state index in [9.17, 15) is 18.0 Å². The number of halogens is 4. The van der Waals surface area contributed by atoms with Gasteiger partial charge in [0.15, 0.2) is 11.5 Å². The summed E-state index contributed by atoms with van der Waals surface area (Å²) in [4.78, 5) is 15.3. The van der Waals surface area contributed by atoms with Gasteiger partial charge >= 0.3 is 12.2 Å². The summed E-state index contributed by atoms with van der Waals surface area (Å²) in [6.07, 6.45) is -1.13. The predicted molar refractivity (Wildman–Crippen MR) is 138 cm³/mol. The van der Waals surface area contributed by atoms with Crippen LogP contribution in [0.4, 0.5) is 23.7 Å². The summed E-state index contributed by atoms with van der Waals surface area (Å²) >= 11 is 5.80. The number of anilines is 1. The summed E-state index contributed by atoms with van der Waals surface area (Å²) in [7, 11) is 3.25. The van der Waals surface area contributed by atoms with Gasteiger partial charge in [0, 0.05) is 29.2 Å². The minimum atomic E-state index is -4.55. The van der Waals surface area contributed by atoms with Gasteiger partial charge in [0.1, 0.15) is 0 Å². The van der Waals surface area contributed by atoms with Crippen LogP contribution in [0, 0.1) is 0 Å². The van der Waals surface area contributed by atoms with E-state index in [0.717, 1.165) is 44.4 Å². The largest absolute Gasteiger partial charge is 0.493 e. The molecule has 2 amide bonds. The third-order valence-corrected chi connectivity index (χ3v) is 8.10. The molecule has 10 heteroatoms. The Kier molecular flexibility index (Phi) is 7.85. The van der Waals surface area contributed by atoms with Crippen LogP contribution >= 0.6 is 11.6 Å². The number of urea groups is 1. The topological polar surface area (TPSA) is 62.8 Å². The summed E-state index contributed by atoms with van der Waals surface area (Å²) in [6.45, 7) is 5.32. The lowest BCUT2D eigenvalue weighted by molar-refractivity contribution is -0.137. The molecule has 1 saturated carbocycles. The molecule has 1 saturated heterocycles. The minimum absolute atomic E-state index is 0.0700. The number of ether oxygens (including phenoxy) is 2. The van der Waals surface area contributed by atoms with E-state index in [1.807, 2.05) is 6.07 Å². The molecule has 202 valence electrons. The smallest absolute Gasteiger partial charge is 0.417 e. The maximum absolute atomic E-state index is 13.0. The Labute approximate surface area is 220 Å². The number of hydrogen-bond acceptors (Lipinski definition) is 4. The molecule has 3 unspecified atom stereocenters. The van der Waals surface area contributed by atoms with Crippen LogP contribution in [-0.2, 0) is 11.6 Å². The molecule has 1 aliphatic heterocycles. The molecule has 1 aliphatic carbocycles. The average Bonchev–Trinajstić information content (AvgIpc) is 3.23. The number of nitrogens with one attached hydrogen (secondary N) is 2.